The molecule has 0 spiro atoms. The van der Waals surface area contributed by atoms with E-state index in [4.69, 9.17) is 19.4 Å². The maximum Gasteiger partial charge on any atom is 0.251 e. The van der Waals surface area contributed by atoms with Crippen LogP contribution in [0.5, 0.6) is 0 Å². The lowest BCUT2D eigenvalue weighted by molar-refractivity contribution is -0.198. The summed E-state index contributed by atoms with van der Waals surface area (Å²) in [4.78, 5) is 29.8. The second-order valence-electron chi connectivity index (χ2n) is 10.7. The van der Waals surface area contributed by atoms with Gasteiger partial charge in [-0.15, -0.1) is 0 Å². The van der Waals surface area contributed by atoms with Crippen molar-refractivity contribution in [3.63, 3.8) is 0 Å². The molecule has 1 amide bonds. The molecule has 224 valence electrons. The molecule has 9 nitrogen and oxygen atoms in total. The molecule has 3 aromatic carbocycles. The Morgan fingerprint density at radius 3 is 2.39 bits per heavy atom. The summed E-state index contributed by atoms with van der Waals surface area (Å²) in [5.41, 5.74) is 4.44. The summed E-state index contributed by atoms with van der Waals surface area (Å²) in [6.45, 7) is 3.39. The van der Waals surface area contributed by atoms with Gasteiger partial charge < -0.3 is 25.1 Å². The van der Waals surface area contributed by atoms with Gasteiger partial charge >= 0.3 is 0 Å². The molecule has 1 aliphatic heterocycles. The average Bonchev–Trinajstić information content (AvgIpc) is 3.49. The summed E-state index contributed by atoms with van der Waals surface area (Å²) in [6.07, 6.45) is 1.56. The molecular weight excluding hydrogens is 559 g/mol. The normalized spacial score (nSPS) is 17.1. The molecular formula is C34H33FN6O3. The van der Waals surface area contributed by atoms with Gasteiger partial charge in [0.1, 0.15) is 11.6 Å². The fraction of sp³-hybridized carbons (Fsp3) is 0.235. The molecule has 0 saturated carbocycles. The first kappa shape index (κ1) is 29.2. The number of nitrogens with one attached hydrogen (secondary N) is 3. The van der Waals surface area contributed by atoms with Crippen LogP contribution in [0.15, 0.2) is 97.2 Å². The van der Waals surface area contributed by atoms with E-state index in [1.807, 2.05) is 54.6 Å². The van der Waals surface area contributed by atoms with Gasteiger partial charge in [0.25, 0.3) is 5.91 Å². The monoisotopic (exact) mass is 592 g/mol. The van der Waals surface area contributed by atoms with Crippen LogP contribution >= 0.6 is 0 Å². The number of anilines is 1. The third kappa shape index (κ3) is 7.16. The number of ether oxygens (including phenoxy) is 2. The fourth-order valence-corrected chi connectivity index (χ4v) is 5.01. The zero-order valence-electron chi connectivity index (χ0n) is 24.2. The summed E-state index contributed by atoms with van der Waals surface area (Å²) < 4.78 is 25.7. The average molecular weight is 593 g/mol. The number of H-pyrrole nitrogens is 1. The predicted molar refractivity (Wildman–Crippen MR) is 165 cm³/mol. The maximum absolute atomic E-state index is 13.8. The number of hydrogen-bond donors (Lipinski definition) is 3. The molecule has 5 aromatic rings. The Labute approximate surface area is 254 Å². The first-order valence-corrected chi connectivity index (χ1v) is 14.6. The minimum atomic E-state index is -0.509. The van der Waals surface area contributed by atoms with Crippen LogP contribution in [-0.4, -0.2) is 51.9 Å². The number of nitrogens with zero attached hydrogens (tertiary/aromatic N) is 3. The predicted octanol–water partition coefficient (Wildman–Crippen LogP) is 5.81. The number of rotatable bonds is 10. The number of hydrogen-bond acceptors (Lipinski definition) is 7. The molecule has 1 atom stereocenters. The quantitative estimate of drug-likeness (QED) is 0.188. The number of aromatic nitrogens is 4. The van der Waals surface area contributed by atoms with Crippen molar-refractivity contribution in [3.05, 3.63) is 120 Å². The number of carbonyl (C=O) groups excluding carboxylic acids is 1. The zero-order chi connectivity index (χ0) is 30.3. The van der Waals surface area contributed by atoms with Gasteiger partial charge in [-0.05, 0) is 55.0 Å². The van der Waals surface area contributed by atoms with Gasteiger partial charge in [0.2, 0.25) is 5.95 Å². The number of halogens is 1. The summed E-state index contributed by atoms with van der Waals surface area (Å²) in [6, 6.07) is 27.2. The Kier molecular flexibility index (Phi) is 9.00. The Hall–Kier alpha value is -4.93. The Balaban J connectivity index is 1.15. The second kappa shape index (κ2) is 13.6. The van der Waals surface area contributed by atoms with Crippen LogP contribution in [0.1, 0.15) is 34.7 Å². The lowest BCUT2D eigenvalue weighted by Gasteiger charge is -2.29. The molecule has 1 aliphatic rings. The molecule has 10 heteroatoms. The molecule has 44 heavy (non-hydrogen) atoms. The van der Waals surface area contributed by atoms with Crippen molar-refractivity contribution in [2.45, 2.75) is 25.7 Å². The standard InChI is InChI=1S/C34H33FN6O3/c1-22(24-8-4-2-5-9-24)38-34-36-17-16-28(39-34)32-31(25-12-14-27(35)15-13-25)40-29(41-32)18-30-43-20-23(21-44-30)19-37-33(42)26-10-6-3-7-11-26/h2-17,22-23,30H,18-21H2,1H3,(H,37,42)(H,40,41)(H,36,38,39). The Morgan fingerprint density at radius 2 is 1.66 bits per heavy atom. The molecule has 6 rings (SSSR count). The van der Waals surface area contributed by atoms with Gasteiger partial charge in [-0.25, -0.2) is 19.3 Å². The van der Waals surface area contributed by atoms with Crippen molar-refractivity contribution in [3.8, 4) is 22.6 Å². The van der Waals surface area contributed by atoms with Crippen LogP contribution in [0.3, 0.4) is 0 Å². The van der Waals surface area contributed by atoms with Gasteiger partial charge in [0, 0.05) is 29.8 Å². The molecule has 0 aliphatic carbocycles. The van der Waals surface area contributed by atoms with Crippen LogP contribution in [0.4, 0.5) is 10.3 Å². The van der Waals surface area contributed by atoms with E-state index in [1.54, 1.807) is 30.5 Å². The minimum Gasteiger partial charge on any atom is -0.352 e. The third-order valence-corrected chi connectivity index (χ3v) is 7.41. The van der Waals surface area contributed by atoms with E-state index in [2.05, 4.69) is 27.5 Å². The topological polar surface area (TPSA) is 114 Å². The van der Waals surface area contributed by atoms with Crippen LogP contribution in [0.25, 0.3) is 22.6 Å². The Morgan fingerprint density at radius 1 is 0.955 bits per heavy atom. The summed E-state index contributed by atoms with van der Waals surface area (Å²) in [5.74, 6) is 0.705. The maximum atomic E-state index is 13.8. The minimum absolute atomic E-state index is 0.00330. The molecule has 1 fully saturated rings. The van der Waals surface area contributed by atoms with Crippen LogP contribution in [-0.2, 0) is 15.9 Å². The van der Waals surface area contributed by atoms with Gasteiger partial charge in [0.05, 0.1) is 42.8 Å². The molecule has 1 unspecified atom stereocenters. The fourth-order valence-electron chi connectivity index (χ4n) is 5.01. The van der Waals surface area contributed by atoms with Crippen molar-refractivity contribution in [2.75, 3.05) is 25.1 Å². The van der Waals surface area contributed by atoms with E-state index in [1.165, 1.54) is 12.1 Å². The lowest BCUT2D eigenvalue weighted by atomic mass is 10.1. The largest absolute Gasteiger partial charge is 0.352 e. The zero-order valence-corrected chi connectivity index (χ0v) is 24.2. The van der Waals surface area contributed by atoms with Crippen molar-refractivity contribution < 1.29 is 18.7 Å². The molecule has 1 saturated heterocycles. The highest BCUT2D eigenvalue weighted by atomic mass is 19.1. The number of benzene rings is 3. The van der Waals surface area contributed by atoms with Gasteiger partial charge in [-0.3, -0.25) is 4.79 Å². The van der Waals surface area contributed by atoms with Crippen molar-refractivity contribution in [1.82, 2.24) is 25.3 Å². The van der Waals surface area contributed by atoms with E-state index < -0.39 is 6.29 Å². The molecule has 3 heterocycles. The first-order chi connectivity index (χ1) is 21.5. The van der Waals surface area contributed by atoms with E-state index in [0.717, 1.165) is 11.1 Å². The summed E-state index contributed by atoms with van der Waals surface area (Å²) in [7, 11) is 0. The highest BCUT2D eigenvalue weighted by Gasteiger charge is 2.25. The SMILES string of the molecule is CC(Nc1nccc(-c2[nH]c(CC3OCC(CNC(=O)c4ccccc4)CO3)nc2-c2ccc(F)cc2)n1)c1ccccc1. The number of aromatic amines is 1. The van der Waals surface area contributed by atoms with Crippen molar-refractivity contribution in [2.24, 2.45) is 5.92 Å². The van der Waals surface area contributed by atoms with Crippen LogP contribution in [0.2, 0.25) is 0 Å². The van der Waals surface area contributed by atoms with Gasteiger partial charge in [-0.1, -0.05) is 48.5 Å². The molecule has 3 N–H and O–H groups in total. The highest BCUT2D eigenvalue weighted by Crippen LogP contribution is 2.31. The Bertz CT molecular complexity index is 1670. The number of imidazole rings is 1. The number of carbonyl (C=O) groups is 1. The van der Waals surface area contributed by atoms with E-state index in [0.29, 0.717) is 60.6 Å². The lowest BCUT2D eigenvalue weighted by Crippen LogP contribution is -2.40. The smallest absolute Gasteiger partial charge is 0.251 e. The van der Waals surface area contributed by atoms with Crippen molar-refractivity contribution in [1.29, 1.82) is 0 Å². The molecule has 2 aromatic heterocycles. The third-order valence-electron chi connectivity index (χ3n) is 7.41. The molecule has 0 radical (unpaired) electrons. The van der Waals surface area contributed by atoms with E-state index >= 15 is 0 Å². The second-order valence-corrected chi connectivity index (χ2v) is 10.7. The summed E-state index contributed by atoms with van der Waals surface area (Å²) >= 11 is 0. The number of amides is 1. The van der Waals surface area contributed by atoms with Crippen LogP contribution < -0.4 is 10.6 Å². The summed E-state index contributed by atoms with van der Waals surface area (Å²) in [5, 5.41) is 6.31. The van der Waals surface area contributed by atoms with Crippen molar-refractivity contribution >= 4 is 11.9 Å². The van der Waals surface area contributed by atoms with Crippen LogP contribution in [0, 0.1) is 11.7 Å². The van der Waals surface area contributed by atoms with E-state index in [-0.39, 0.29) is 23.7 Å². The first-order valence-electron chi connectivity index (χ1n) is 14.6. The highest BCUT2D eigenvalue weighted by molar-refractivity contribution is 5.94. The molecule has 0 bridgehead atoms. The van der Waals surface area contributed by atoms with Gasteiger partial charge in [-0.2, -0.15) is 0 Å². The van der Waals surface area contributed by atoms with E-state index in [9.17, 15) is 9.18 Å². The van der Waals surface area contributed by atoms with Gasteiger partial charge in [0.15, 0.2) is 6.29 Å².